The van der Waals surface area contributed by atoms with E-state index in [-0.39, 0.29) is 24.9 Å². The first kappa shape index (κ1) is 14.7. The van der Waals surface area contributed by atoms with E-state index in [1.807, 2.05) is 0 Å². The Morgan fingerprint density at radius 3 is 2.68 bits per heavy atom. The molecule has 1 aliphatic rings. The second kappa shape index (κ2) is 5.85. The molecule has 0 atom stereocenters. The third kappa shape index (κ3) is 2.72. The number of nitrogens with zero attached hydrogens (tertiary/aromatic N) is 1. The highest BCUT2D eigenvalue weighted by molar-refractivity contribution is 6.30. The lowest BCUT2D eigenvalue weighted by molar-refractivity contribution is -0.120. The molecule has 2 aromatic carbocycles. The molecule has 0 aromatic heterocycles. The summed E-state index contributed by atoms with van der Waals surface area (Å²) < 4.78 is 23.9. The van der Waals surface area contributed by atoms with Crippen LogP contribution in [0.1, 0.15) is 5.56 Å². The molecule has 1 aliphatic heterocycles. The number of hydrogen-bond acceptors (Lipinski definition) is 3. The Balaban J connectivity index is 2.02. The number of benzene rings is 2. The normalized spacial score (nSPS) is 14.1. The summed E-state index contributed by atoms with van der Waals surface area (Å²) in [6, 6.07) is 9.11. The molecule has 0 radical (unpaired) electrons. The fourth-order valence-electron chi connectivity index (χ4n) is 2.38. The van der Waals surface area contributed by atoms with Gasteiger partial charge in [-0.25, -0.2) is 4.39 Å². The van der Waals surface area contributed by atoms with Crippen LogP contribution in [-0.2, 0) is 11.3 Å². The Morgan fingerprint density at radius 1 is 1.27 bits per heavy atom. The largest absolute Gasteiger partial charge is 0.493 e. The standard InChI is InChI=1S/C16H13ClFNO3/c1-21-14-7-11(17)6-10-8-19(15(20)9-22-16(10)14)13-4-2-12(18)3-5-13/h2-7H,8-9H2,1H3. The van der Waals surface area contributed by atoms with E-state index in [9.17, 15) is 9.18 Å². The summed E-state index contributed by atoms with van der Waals surface area (Å²) >= 11 is 6.08. The topological polar surface area (TPSA) is 38.8 Å². The van der Waals surface area contributed by atoms with Crippen LogP contribution in [-0.4, -0.2) is 19.6 Å². The van der Waals surface area contributed by atoms with Crippen molar-refractivity contribution in [2.24, 2.45) is 0 Å². The summed E-state index contributed by atoms with van der Waals surface area (Å²) in [7, 11) is 1.51. The first-order valence-electron chi connectivity index (χ1n) is 6.63. The van der Waals surface area contributed by atoms with E-state index < -0.39 is 0 Å². The van der Waals surface area contributed by atoms with Crippen LogP contribution in [0.3, 0.4) is 0 Å². The van der Waals surface area contributed by atoms with Crippen molar-refractivity contribution in [1.29, 1.82) is 0 Å². The molecular weight excluding hydrogens is 309 g/mol. The molecule has 0 bridgehead atoms. The minimum Gasteiger partial charge on any atom is -0.493 e. The van der Waals surface area contributed by atoms with Gasteiger partial charge in [0.05, 0.1) is 13.7 Å². The van der Waals surface area contributed by atoms with Gasteiger partial charge in [-0.05, 0) is 30.3 Å². The van der Waals surface area contributed by atoms with Crippen LogP contribution in [0.15, 0.2) is 36.4 Å². The van der Waals surface area contributed by atoms with Gasteiger partial charge in [-0.3, -0.25) is 4.79 Å². The number of rotatable bonds is 2. The number of carbonyl (C=O) groups excluding carboxylic acids is 1. The zero-order valence-electron chi connectivity index (χ0n) is 11.8. The van der Waals surface area contributed by atoms with Gasteiger partial charge < -0.3 is 14.4 Å². The first-order chi connectivity index (χ1) is 10.6. The monoisotopic (exact) mass is 321 g/mol. The van der Waals surface area contributed by atoms with Crippen LogP contribution >= 0.6 is 11.6 Å². The summed E-state index contributed by atoms with van der Waals surface area (Å²) in [5.74, 6) is 0.412. The lowest BCUT2D eigenvalue weighted by Crippen LogP contribution is -2.32. The van der Waals surface area contributed by atoms with E-state index in [0.29, 0.717) is 22.2 Å². The molecule has 0 aliphatic carbocycles. The minimum absolute atomic E-state index is 0.123. The molecule has 22 heavy (non-hydrogen) atoms. The van der Waals surface area contributed by atoms with E-state index >= 15 is 0 Å². The first-order valence-corrected chi connectivity index (χ1v) is 7.01. The molecule has 6 heteroatoms. The summed E-state index contributed by atoms with van der Waals surface area (Å²) in [6.07, 6.45) is 0. The third-order valence-corrected chi connectivity index (χ3v) is 3.64. The van der Waals surface area contributed by atoms with Crippen molar-refractivity contribution in [3.8, 4) is 11.5 Å². The number of carbonyl (C=O) groups is 1. The Morgan fingerprint density at radius 2 is 2.00 bits per heavy atom. The SMILES string of the molecule is COc1cc(Cl)cc2c1OCC(=O)N(c1ccc(F)cc1)C2. The second-order valence-corrected chi connectivity index (χ2v) is 5.28. The molecule has 4 nitrogen and oxygen atoms in total. The molecule has 3 rings (SSSR count). The highest BCUT2D eigenvalue weighted by Crippen LogP contribution is 2.37. The lowest BCUT2D eigenvalue weighted by Gasteiger charge is -2.20. The predicted molar refractivity (Wildman–Crippen MR) is 81.1 cm³/mol. The maximum Gasteiger partial charge on any atom is 0.265 e. The van der Waals surface area contributed by atoms with Crippen molar-refractivity contribution in [3.63, 3.8) is 0 Å². The summed E-state index contributed by atoms with van der Waals surface area (Å²) in [5, 5.41) is 0.493. The lowest BCUT2D eigenvalue weighted by atomic mass is 10.1. The minimum atomic E-state index is -0.354. The Labute approximate surface area is 132 Å². The van der Waals surface area contributed by atoms with Crippen molar-refractivity contribution in [2.45, 2.75) is 6.54 Å². The number of methoxy groups -OCH3 is 1. The molecule has 0 N–H and O–H groups in total. The summed E-state index contributed by atoms with van der Waals surface area (Å²) in [5.41, 5.74) is 1.33. The molecule has 0 unspecified atom stereocenters. The van der Waals surface area contributed by atoms with Crippen LogP contribution in [0.2, 0.25) is 5.02 Å². The van der Waals surface area contributed by atoms with Crippen molar-refractivity contribution in [3.05, 3.63) is 52.8 Å². The Bertz CT molecular complexity index is 718. The fraction of sp³-hybridized carbons (Fsp3) is 0.188. The van der Waals surface area contributed by atoms with E-state index in [0.717, 1.165) is 5.56 Å². The van der Waals surface area contributed by atoms with Gasteiger partial charge in [0.2, 0.25) is 0 Å². The number of ether oxygens (including phenoxy) is 2. The fourth-order valence-corrected chi connectivity index (χ4v) is 2.61. The van der Waals surface area contributed by atoms with E-state index in [2.05, 4.69) is 0 Å². The number of anilines is 1. The van der Waals surface area contributed by atoms with Crippen LogP contribution in [0.4, 0.5) is 10.1 Å². The van der Waals surface area contributed by atoms with Gasteiger partial charge in [-0.2, -0.15) is 0 Å². The van der Waals surface area contributed by atoms with Gasteiger partial charge in [0.15, 0.2) is 18.1 Å². The van der Waals surface area contributed by atoms with Gasteiger partial charge in [0.1, 0.15) is 5.82 Å². The van der Waals surface area contributed by atoms with Gasteiger partial charge >= 0.3 is 0 Å². The van der Waals surface area contributed by atoms with Crippen LogP contribution < -0.4 is 14.4 Å². The summed E-state index contributed by atoms with van der Waals surface area (Å²) in [4.78, 5) is 13.8. The van der Waals surface area contributed by atoms with Gasteiger partial charge in [0.25, 0.3) is 5.91 Å². The zero-order chi connectivity index (χ0) is 15.7. The molecule has 0 saturated heterocycles. The van der Waals surface area contributed by atoms with Crippen molar-refractivity contribution in [1.82, 2.24) is 0 Å². The van der Waals surface area contributed by atoms with Crippen molar-refractivity contribution < 1.29 is 18.7 Å². The molecule has 1 heterocycles. The molecule has 0 spiro atoms. The van der Waals surface area contributed by atoms with E-state index in [1.165, 1.54) is 24.1 Å². The van der Waals surface area contributed by atoms with Gasteiger partial charge in [-0.1, -0.05) is 11.6 Å². The Kier molecular flexibility index (Phi) is 3.90. The average molecular weight is 322 g/mol. The Hall–Kier alpha value is -2.27. The maximum atomic E-state index is 13.1. The molecule has 1 amide bonds. The molecular formula is C16H13ClFNO3. The molecule has 114 valence electrons. The van der Waals surface area contributed by atoms with E-state index in [1.54, 1.807) is 24.3 Å². The third-order valence-electron chi connectivity index (χ3n) is 3.42. The smallest absolute Gasteiger partial charge is 0.265 e. The van der Waals surface area contributed by atoms with Gasteiger partial charge in [0, 0.05) is 22.3 Å². The van der Waals surface area contributed by atoms with Crippen LogP contribution in [0.25, 0.3) is 0 Å². The number of amides is 1. The number of hydrogen-bond donors (Lipinski definition) is 0. The average Bonchev–Trinajstić information content (AvgIpc) is 2.67. The maximum absolute atomic E-state index is 13.1. The highest BCUT2D eigenvalue weighted by Gasteiger charge is 2.25. The number of halogens is 2. The molecule has 0 saturated carbocycles. The molecule has 2 aromatic rings. The van der Waals surface area contributed by atoms with Crippen molar-refractivity contribution >= 4 is 23.2 Å². The number of fused-ring (bicyclic) bond motifs is 1. The zero-order valence-corrected chi connectivity index (χ0v) is 12.6. The van der Waals surface area contributed by atoms with Gasteiger partial charge in [-0.15, -0.1) is 0 Å². The quantitative estimate of drug-likeness (QED) is 0.851. The molecule has 0 fully saturated rings. The van der Waals surface area contributed by atoms with Crippen molar-refractivity contribution in [2.75, 3.05) is 18.6 Å². The van der Waals surface area contributed by atoms with Crippen LogP contribution in [0, 0.1) is 5.82 Å². The predicted octanol–water partition coefficient (Wildman–Crippen LogP) is 3.41. The summed E-state index contributed by atoms with van der Waals surface area (Å²) in [6.45, 7) is 0.152. The second-order valence-electron chi connectivity index (χ2n) is 4.84. The van der Waals surface area contributed by atoms with Crippen LogP contribution in [0.5, 0.6) is 11.5 Å². The van der Waals surface area contributed by atoms with E-state index in [4.69, 9.17) is 21.1 Å². The highest BCUT2D eigenvalue weighted by atomic mass is 35.5.